The zero-order chi connectivity index (χ0) is 18.7. The summed E-state index contributed by atoms with van der Waals surface area (Å²) in [6, 6.07) is 4.96. The van der Waals surface area contributed by atoms with Crippen LogP contribution in [0.2, 0.25) is 0 Å². The van der Waals surface area contributed by atoms with Crippen molar-refractivity contribution in [1.82, 2.24) is 13.5 Å². The first-order valence-electron chi connectivity index (χ1n) is 9.20. The lowest BCUT2D eigenvalue weighted by Crippen LogP contribution is -2.53. The third kappa shape index (κ3) is 4.36. The van der Waals surface area contributed by atoms with Gasteiger partial charge in [-0.2, -0.15) is 17.0 Å². The van der Waals surface area contributed by atoms with Gasteiger partial charge in [-0.3, -0.25) is 4.90 Å². The summed E-state index contributed by atoms with van der Waals surface area (Å²) in [5.74, 6) is 0.467. The SMILES string of the molecule is COc1ccc(CN2CCN(S(=O)(=O)N3CCC(C)CC3)CC2)cc1F. The van der Waals surface area contributed by atoms with Crippen LogP contribution in [-0.2, 0) is 16.8 Å². The standard InChI is InChI=1S/C18H28FN3O3S/c1-15-5-7-21(8-6-15)26(23,24)22-11-9-20(10-12-22)14-16-3-4-18(25-2)17(19)13-16/h3-4,13,15H,5-12,14H2,1-2H3. The highest BCUT2D eigenvalue weighted by molar-refractivity contribution is 7.86. The van der Waals surface area contributed by atoms with Gasteiger partial charge in [0, 0.05) is 45.8 Å². The molecule has 146 valence electrons. The highest BCUT2D eigenvalue weighted by atomic mass is 32.2. The highest BCUT2D eigenvalue weighted by Gasteiger charge is 2.33. The predicted octanol–water partition coefficient (Wildman–Crippen LogP) is 1.93. The van der Waals surface area contributed by atoms with Crippen LogP contribution in [0.25, 0.3) is 0 Å². The molecule has 0 aromatic heterocycles. The zero-order valence-electron chi connectivity index (χ0n) is 15.5. The molecule has 2 heterocycles. The molecule has 0 aliphatic carbocycles. The molecule has 3 rings (SSSR count). The van der Waals surface area contributed by atoms with Gasteiger partial charge in [0.1, 0.15) is 0 Å². The van der Waals surface area contributed by atoms with E-state index in [-0.39, 0.29) is 11.6 Å². The van der Waals surface area contributed by atoms with E-state index in [1.54, 1.807) is 14.7 Å². The summed E-state index contributed by atoms with van der Waals surface area (Å²) < 4.78 is 47.6. The Morgan fingerprint density at radius 2 is 1.69 bits per heavy atom. The predicted molar refractivity (Wildman–Crippen MR) is 98.7 cm³/mol. The molecule has 0 saturated carbocycles. The van der Waals surface area contributed by atoms with E-state index >= 15 is 0 Å². The van der Waals surface area contributed by atoms with Crippen molar-refractivity contribution in [2.45, 2.75) is 26.3 Å². The zero-order valence-corrected chi connectivity index (χ0v) is 16.3. The van der Waals surface area contributed by atoms with Gasteiger partial charge in [0.15, 0.2) is 11.6 Å². The number of halogens is 1. The van der Waals surface area contributed by atoms with Crippen molar-refractivity contribution >= 4 is 10.2 Å². The van der Waals surface area contributed by atoms with Crippen LogP contribution in [0, 0.1) is 11.7 Å². The number of hydrogen-bond donors (Lipinski definition) is 0. The minimum absolute atomic E-state index is 0.237. The number of methoxy groups -OCH3 is 1. The molecular weight excluding hydrogens is 357 g/mol. The van der Waals surface area contributed by atoms with Crippen molar-refractivity contribution in [3.8, 4) is 5.75 Å². The van der Waals surface area contributed by atoms with Crippen LogP contribution >= 0.6 is 0 Å². The maximum Gasteiger partial charge on any atom is 0.282 e. The molecule has 0 unspecified atom stereocenters. The largest absolute Gasteiger partial charge is 0.494 e. The Morgan fingerprint density at radius 1 is 1.08 bits per heavy atom. The van der Waals surface area contributed by atoms with Gasteiger partial charge in [0.2, 0.25) is 0 Å². The Labute approximate surface area is 155 Å². The summed E-state index contributed by atoms with van der Waals surface area (Å²) >= 11 is 0. The third-order valence-corrected chi connectivity index (χ3v) is 7.38. The molecular formula is C18H28FN3O3S. The van der Waals surface area contributed by atoms with Gasteiger partial charge in [0.05, 0.1) is 7.11 Å². The smallest absolute Gasteiger partial charge is 0.282 e. The molecule has 2 aliphatic heterocycles. The molecule has 0 radical (unpaired) electrons. The van der Waals surface area contributed by atoms with Gasteiger partial charge in [-0.1, -0.05) is 13.0 Å². The maximum absolute atomic E-state index is 13.8. The minimum Gasteiger partial charge on any atom is -0.494 e. The van der Waals surface area contributed by atoms with Gasteiger partial charge in [-0.05, 0) is 36.5 Å². The molecule has 0 amide bonds. The number of benzene rings is 1. The van der Waals surface area contributed by atoms with Crippen LogP contribution in [-0.4, -0.2) is 68.3 Å². The lowest BCUT2D eigenvalue weighted by Gasteiger charge is -2.38. The van der Waals surface area contributed by atoms with E-state index in [1.165, 1.54) is 13.2 Å². The molecule has 0 atom stereocenters. The topological polar surface area (TPSA) is 53.1 Å². The Balaban J connectivity index is 1.54. The van der Waals surface area contributed by atoms with E-state index in [0.717, 1.165) is 18.4 Å². The van der Waals surface area contributed by atoms with Crippen LogP contribution in [0.4, 0.5) is 4.39 Å². The molecule has 1 aromatic carbocycles. The first-order chi connectivity index (χ1) is 12.4. The summed E-state index contributed by atoms with van der Waals surface area (Å²) in [7, 11) is -1.91. The molecule has 0 N–H and O–H groups in total. The van der Waals surface area contributed by atoms with Crippen molar-refractivity contribution in [2.24, 2.45) is 5.92 Å². The van der Waals surface area contributed by atoms with Crippen molar-refractivity contribution in [2.75, 3.05) is 46.4 Å². The second-order valence-corrected chi connectivity index (χ2v) is 9.16. The molecule has 1 aromatic rings. The van der Waals surface area contributed by atoms with Crippen LogP contribution < -0.4 is 4.74 Å². The monoisotopic (exact) mass is 385 g/mol. The van der Waals surface area contributed by atoms with Crippen molar-refractivity contribution in [1.29, 1.82) is 0 Å². The summed E-state index contributed by atoms with van der Waals surface area (Å²) in [5, 5.41) is 0. The normalized spacial score (nSPS) is 21.8. The van der Waals surface area contributed by atoms with E-state index < -0.39 is 10.2 Å². The maximum atomic E-state index is 13.8. The van der Waals surface area contributed by atoms with Crippen LogP contribution in [0.1, 0.15) is 25.3 Å². The fourth-order valence-corrected chi connectivity index (χ4v) is 5.19. The van der Waals surface area contributed by atoms with Gasteiger partial charge in [0.25, 0.3) is 10.2 Å². The van der Waals surface area contributed by atoms with Gasteiger partial charge >= 0.3 is 0 Å². The van der Waals surface area contributed by atoms with Crippen molar-refractivity contribution in [3.05, 3.63) is 29.6 Å². The fourth-order valence-electron chi connectivity index (χ4n) is 3.56. The van der Waals surface area contributed by atoms with Crippen LogP contribution in [0.15, 0.2) is 18.2 Å². The number of piperidine rings is 1. The molecule has 6 nitrogen and oxygen atoms in total. The molecule has 2 fully saturated rings. The minimum atomic E-state index is -3.36. The molecule has 2 saturated heterocycles. The van der Waals surface area contributed by atoms with E-state index in [9.17, 15) is 12.8 Å². The van der Waals surface area contributed by atoms with Crippen molar-refractivity contribution in [3.63, 3.8) is 0 Å². The summed E-state index contributed by atoms with van der Waals surface area (Å²) in [6.07, 6.45) is 1.87. The molecule has 0 bridgehead atoms. The Kier molecular flexibility index (Phi) is 6.17. The van der Waals surface area contributed by atoms with Gasteiger partial charge < -0.3 is 4.74 Å². The highest BCUT2D eigenvalue weighted by Crippen LogP contribution is 2.23. The number of piperazine rings is 1. The average Bonchev–Trinajstić information content (AvgIpc) is 2.63. The number of nitrogens with zero attached hydrogens (tertiary/aromatic N) is 3. The Morgan fingerprint density at radius 3 is 2.27 bits per heavy atom. The summed E-state index contributed by atoms with van der Waals surface area (Å²) in [5.41, 5.74) is 0.865. The van der Waals surface area contributed by atoms with E-state index in [1.807, 2.05) is 6.07 Å². The molecule has 8 heteroatoms. The Bertz CT molecular complexity index is 712. The quantitative estimate of drug-likeness (QED) is 0.777. The van der Waals surface area contributed by atoms with E-state index in [0.29, 0.717) is 51.7 Å². The third-order valence-electron chi connectivity index (χ3n) is 5.35. The lowest BCUT2D eigenvalue weighted by molar-refractivity contribution is 0.170. The van der Waals surface area contributed by atoms with Crippen molar-refractivity contribution < 1.29 is 17.5 Å². The second kappa shape index (κ2) is 8.21. The molecule has 0 spiro atoms. The Hall–Kier alpha value is -1.22. The number of hydrogen-bond acceptors (Lipinski definition) is 4. The van der Waals surface area contributed by atoms with E-state index in [2.05, 4.69) is 11.8 Å². The fraction of sp³-hybridized carbons (Fsp3) is 0.667. The van der Waals surface area contributed by atoms with E-state index in [4.69, 9.17) is 4.74 Å². The van der Waals surface area contributed by atoms with Crippen LogP contribution in [0.5, 0.6) is 5.75 Å². The number of ether oxygens (including phenoxy) is 1. The summed E-state index contributed by atoms with van der Waals surface area (Å²) in [4.78, 5) is 2.16. The summed E-state index contributed by atoms with van der Waals surface area (Å²) in [6.45, 7) is 6.28. The number of rotatable bonds is 5. The second-order valence-electron chi connectivity index (χ2n) is 7.23. The first-order valence-corrected chi connectivity index (χ1v) is 10.6. The van der Waals surface area contributed by atoms with Gasteiger partial charge in [-0.15, -0.1) is 0 Å². The average molecular weight is 386 g/mol. The van der Waals surface area contributed by atoms with Gasteiger partial charge in [-0.25, -0.2) is 4.39 Å². The first kappa shape index (κ1) is 19.5. The van der Waals surface area contributed by atoms with Crippen LogP contribution in [0.3, 0.4) is 0 Å². The molecule has 26 heavy (non-hydrogen) atoms. The molecule has 2 aliphatic rings. The lowest BCUT2D eigenvalue weighted by atomic mass is 10.0.